The minimum absolute atomic E-state index is 0.825. The molecule has 0 aromatic rings. The molecule has 0 bridgehead atoms. The SMILES string of the molecule is C=C(C)C1(F)C(F)=C(F)C(F)(C(=C)C)C(F)=C1F. The van der Waals surface area contributed by atoms with Crippen LogP contribution in [0.15, 0.2) is 47.6 Å². The van der Waals surface area contributed by atoms with Crippen molar-refractivity contribution in [2.75, 3.05) is 0 Å². The average Bonchev–Trinajstić information content (AvgIpc) is 2.30. The molecule has 0 aliphatic heterocycles. The van der Waals surface area contributed by atoms with E-state index in [0.717, 1.165) is 13.8 Å². The van der Waals surface area contributed by atoms with Crippen LogP contribution < -0.4 is 0 Å². The molecule has 6 heteroatoms. The monoisotopic (exact) mass is 268 g/mol. The van der Waals surface area contributed by atoms with E-state index in [9.17, 15) is 26.3 Å². The maximum Gasteiger partial charge on any atom is 0.238 e. The summed E-state index contributed by atoms with van der Waals surface area (Å²) >= 11 is 0. The van der Waals surface area contributed by atoms with Gasteiger partial charge in [-0.2, -0.15) is 0 Å². The first kappa shape index (κ1) is 14.6. The molecule has 0 atom stereocenters. The highest BCUT2D eigenvalue weighted by Gasteiger charge is 2.59. The summed E-state index contributed by atoms with van der Waals surface area (Å²) in [5, 5.41) is 0. The fourth-order valence-corrected chi connectivity index (χ4v) is 1.55. The first-order chi connectivity index (χ1) is 8.02. The third-order valence-corrected chi connectivity index (χ3v) is 2.77. The molecule has 0 saturated carbocycles. The molecule has 0 nitrogen and oxygen atoms in total. The largest absolute Gasteiger partial charge is 0.238 e. The number of rotatable bonds is 2. The van der Waals surface area contributed by atoms with Gasteiger partial charge in [0.1, 0.15) is 0 Å². The standard InChI is InChI=1S/C12H10F6/c1-5(2)11(17)7(13)9(15)12(18,6(3)4)10(16)8(11)14/h1,3H2,2,4H3. The molecular formula is C12H10F6. The summed E-state index contributed by atoms with van der Waals surface area (Å²) in [6.07, 6.45) is 0. The molecule has 0 heterocycles. The van der Waals surface area contributed by atoms with Gasteiger partial charge < -0.3 is 0 Å². The van der Waals surface area contributed by atoms with E-state index < -0.39 is 45.8 Å². The van der Waals surface area contributed by atoms with Crippen molar-refractivity contribution in [3.05, 3.63) is 47.6 Å². The fourth-order valence-electron chi connectivity index (χ4n) is 1.55. The summed E-state index contributed by atoms with van der Waals surface area (Å²) in [7, 11) is 0. The molecule has 1 aliphatic carbocycles. The molecular weight excluding hydrogens is 258 g/mol. The Hall–Kier alpha value is -1.46. The highest BCUT2D eigenvalue weighted by molar-refractivity contribution is 5.53. The van der Waals surface area contributed by atoms with E-state index in [4.69, 9.17) is 0 Å². The lowest BCUT2D eigenvalue weighted by Crippen LogP contribution is -2.40. The molecule has 0 N–H and O–H groups in total. The normalized spacial score (nSPS) is 32.9. The van der Waals surface area contributed by atoms with Crippen LogP contribution in [0.5, 0.6) is 0 Å². The minimum Gasteiger partial charge on any atom is -0.223 e. The van der Waals surface area contributed by atoms with Gasteiger partial charge in [-0.1, -0.05) is 13.2 Å². The minimum atomic E-state index is -3.82. The lowest BCUT2D eigenvalue weighted by molar-refractivity contribution is 0.135. The van der Waals surface area contributed by atoms with Gasteiger partial charge in [-0.15, -0.1) is 0 Å². The number of hydrogen-bond donors (Lipinski definition) is 0. The van der Waals surface area contributed by atoms with E-state index in [-0.39, 0.29) is 0 Å². The summed E-state index contributed by atoms with van der Waals surface area (Å²) in [6, 6.07) is 0. The van der Waals surface area contributed by atoms with Gasteiger partial charge in [0.15, 0.2) is 23.3 Å². The maximum absolute atomic E-state index is 13.9. The predicted octanol–water partition coefficient (Wildman–Crippen LogP) is 4.87. The first-order valence-corrected chi connectivity index (χ1v) is 4.84. The molecule has 100 valence electrons. The second kappa shape index (κ2) is 4.03. The third-order valence-electron chi connectivity index (χ3n) is 2.77. The van der Waals surface area contributed by atoms with Gasteiger partial charge in [-0.25, -0.2) is 26.3 Å². The van der Waals surface area contributed by atoms with Crippen LogP contribution in [-0.2, 0) is 0 Å². The van der Waals surface area contributed by atoms with E-state index >= 15 is 0 Å². The predicted molar refractivity (Wildman–Crippen MR) is 55.8 cm³/mol. The van der Waals surface area contributed by atoms with Gasteiger partial charge in [0.25, 0.3) is 0 Å². The summed E-state index contributed by atoms with van der Waals surface area (Å²) < 4.78 is 81.9. The summed E-state index contributed by atoms with van der Waals surface area (Å²) in [4.78, 5) is 0. The second-order valence-electron chi connectivity index (χ2n) is 4.13. The zero-order valence-electron chi connectivity index (χ0n) is 9.68. The fraction of sp³-hybridized carbons (Fsp3) is 0.333. The van der Waals surface area contributed by atoms with E-state index in [0.29, 0.717) is 0 Å². The molecule has 18 heavy (non-hydrogen) atoms. The van der Waals surface area contributed by atoms with Crippen molar-refractivity contribution < 1.29 is 26.3 Å². The molecule has 1 aliphatic rings. The Kier molecular flexibility index (Phi) is 3.27. The Bertz CT molecular complexity index is 427. The van der Waals surface area contributed by atoms with Crippen LogP contribution in [0.3, 0.4) is 0 Å². The van der Waals surface area contributed by atoms with E-state index in [2.05, 4.69) is 13.2 Å². The van der Waals surface area contributed by atoms with Crippen LogP contribution in [-0.4, -0.2) is 11.3 Å². The molecule has 0 spiro atoms. The Morgan fingerprint density at radius 1 is 0.722 bits per heavy atom. The first-order valence-electron chi connectivity index (χ1n) is 4.84. The Morgan fingerprint density at radius 3 is 1.00 bits per heavy atom. The van der Waals surface area contributed by atoms with Crippen LogP contribution in [0, 0.1) is 0 Å². The van der Waals surface area contributed by atoms with Crippen molar-refractivity contribution in [3.63, 3.8) is 0 Å². The van der Waals surface area contributed by atoms with Gasteiger partial charge in [-0.05, 0) is 25.0 Å². The molecule has 0 amide bonds. The number of halogens is 6. The molecule has 1 rings (SSSR count). The molecule has 0 unspecified atom stereocenters. The van der Waals surface area contributed by atoms with Crippen molar-refractivity contribution in [1.29, 1.82) is 0 Å². The van der Waals surface area contributed by atoms with E-state index in [1.165, 1.54) is 0 Å². The van der Waals surface area contributed by atoms with Crippen LogP contribution in [0.25, 0.3) is 0 Å². The Morgan fingerprint density at radius 2 is 0.889 bits per heavy atom. The van der Waals surface area contributed by atoms with E-state index in [1.54, 1.807) is 0 Å². The quantitative estimate of drug-likeness (QED) is 0.495. The number of alkyl halides is 2. The zero-order chi connectivity index (χ0) is 14.5. The molecule has 0 saturated heterocycles. The van der Waals surface area contributed by atoms with E-state index in [1.807, 2.05) is 0 Å². The van der Waals surface area contributed by atoms with Gasteiger partial charge in [-0.3, -0.25) is 0 Å². The topological polar surface area (TPSA) is 0 Å². The highest BCUT2D eigenvalue weighted by atomic mass is 19.2. The summed E-state index contributed by atoms with van der Waals surface area (Å²) in [6.45, 7) is 7.47. The van der Waals surface area contributed by atoms with Crippen molar-refractivity contribution in [2.45, 2.75) is 25.2 Å². The van der Waals surface area contributed by atoms with Gasteiger partial charge >= 0.3 is 0 Å². The van der Waals surface area contributed by atoms with Crippen LogP contribution in [0.2, 0.25) is 0 Å². The maximum atomic E-state index is 13.9. The Balaban J connectivity index is 3.72. The summed E-state index contributed by atoms with van der Waals surface area (Å²) in [5.41, 5.74) is -9.32. The molecule has 0 aromatic heterocycles. The zero-order valence-corrected chi connectivity index (χ0v) is 9.68. The lowest BCUT2D eigenvalue weighted by Gasteiger charge is -2.33. The highest BCUT2D eigenvalue weighted by Crippen LogP contribution is 2.54. The second-order valence-corrected chi connectivity index (χ2v) is 4.13. The average molecular weight is 268 g/mol. The van der Waals surface area contributed by atoms with Crippen molar-refractivity contribution in [2.24, 2.45) is 0 Å². The van der Waals surface area contributed by atoms with Gasteiger partial charge in [0, 0.05) is 0 Å². The summed E-state index contributed by atoms with van der Waals surface area (Å²) in [5.74, 6) is -9.56. The van der Waals surface area contributed by atoms with Crippen LogP contribution in [0.4, 0.5) is 26.3 Å². The molecule has 0 fully saturated rings. The Labute approximate surface area is 100.0 Å². The third kappa shape index (κ3) is 1.47. The number of hydrogen-bond acceptors (Lipinski definition) is 0. The van der Waals surface area contributed by atoms with Gasteiger partial charge in [0.05, 0.1) is 0 Å². The smallest absolute Gasteiger partial charge is 0.223 e. The molecule has 0 aromatic carbocycles. The van der Waals surface area contributed by atoms with Crippen molar-refractivity contribution >= 4 is 0 Å². The van der Waals surface area contributed by atoms with Crippen LogP contribution in [0.1, 0.15) is 13.8 Å². The lowest BCUT2D eigenvalue weighted by atomic mass is 9.81. The number of allylic oxidation sites excluding steroid dienone is 6. The van der Waals surface area contributed by atoms with Gasteiger partial charge in [0.2, 0.25) is 11.3 Å². The van der Waals surface area contributed by atoms with Crippen molar-refractivity contribution in [1.82, 2.24) is 0 Å². The van der Waals surface area contributed by atoms with Crippen molar-refractivity contribution in [3.8, 4) is 0 Å². The van der Waals surface area contributed by atoms with Crippen LogP contribution >= 0.6 is 0 Å². The molecule has 0 radical (unpaired) electrons.